The van der Waals surface area contributed by atoms with Gasteiger partial charge in [-0.1, -0.05) is 19.9 Å². The monoisotopic (exact) mass is 502 g/mol. The number of hydrogen-bond acceptors (Lipinski definition) is 5. The van der Waals surface area contributed by atoms with Crippen LogP contribution in [0.3, 0.4) is 0 Å². The number of nitrogens with zero attached hydrogens (tertiary/aromatic N) is 2. The Labute approximate surface area is 184 Å². The number of aryl methyl sites for hydroxylation is 2. The van der Waals surface area contributed by atoms with Crippen molar-refractivity contribution in [1.82, 2.24) is 15.6 Å². The van der Waals surface area contributed by atoms with Crippen molar-refractivity contribution in [2.75, 3.05) is 27.8 Å². The Morgan fingerprint density at radius 1 is 1.14 bits per heavy atom. The first-order valence-electron chi connectivity index (χ1n) is 8.90. The third kappa shape index (κ3) is 6.02. The molecular formula is C20H31IN4O3. The zero-order valence-electron chi connectivity index (χ0n) is 17.7. The summed E-state index contributed by atoms with van der Waals surface area (Å²) in [6.07, 6.45) is 0. The highest BCUT2D eigenvalue weighted by atomic mass is 127. The van der Waals surface area contributed by atoms with E-state index in [-0.39, 0.29) is 29.4 Å². The highest BCUT2D eigenvalue weighted by molar-refractivity contribution is 14.0. The third-order valence-corrected chi connectivity index (χ3v) is 4.57. The minimum absolute atomic E-state index is 0. The van der Waals surface area contributed by atoms with Crippen LogP contribution in [0.5, 0.6) is 11.5 Å². The number of aliphatic imine (C=N–C) groups is 1. The lowest BCUT2D eigenvalue weighted by Crippen LogP contribution is -2.43. The molecule has 1 aromatic heterocycles. The van der Waals surface area contributed by atoms with E-state index in [1.165, 1.54) is 0 Å². The van der Waals surface area contributed by atoms with Gasteiger partial charge in [-0.3, -0.25) is 4.99 Å². The lowest BCUT2D eigenvalue weighted by molar-refractivity contribution is 0.353. The molecule has 0 radical (unpaired) electrons. The first-order valence-corrected chi connectivity index (χ1v) is 8.90. The summed E-state index contributed by atoms with van der Waals surface area (Å²) < 4.78 is 16.3. The quantitative estimate of drug-likeness (QED) is 0.343. The van der Waals surface area contributed by atoms with Crippen molar-refractivity contribution in [2.24, 2.45) is 4.99 Å². The second kappa shape index (κ2) is 10.5. The van der Waals surface area contributed by atoms with Crippen molar-refractivity contribution in [3.63, 3.8) is 0 Å². The number of ether oxygens (including phenoxy) is 2. The fourth-order valence-corrected chi connectivity index (χ4v) is 2.66. The first kappa shape index (κ1) is 24.1. The molecule has 0 spiro atoms. The molecule has 156 valence electrons. The lowest BCUT2D eigenvalue weighted by Gasteiger charge is -2.27. The Balaban J connectivity index is 0.00000392. The smallest absolute Gasteiger partial charge is 0.214 e. The van der Waals surface area contributed by atoms with Gasteiger partial charge in [0, 0.05) is 19.0 Å². The fraction of sp³-hybridized carbons (Fsp3) is 0.500. The first-order chi connectivity index (χ1) is 12.8. The summed E-state index contributed by atoms with van der Waals surface area (Å²) in [6, 6.07) is 5.99. The molecule has 0 bridgehead atoms. The van der Waals surface area contributed by atoms with E-state index in [4.69, 9.17) is 13.9 Å². The van der Waals surface area contributed by atoms with Crippen LogP contribution in [0.25, 0.3) is 0 Å². The average molecular weight is 502 g/mol. The molecule has 0 aliphatic rings. The lowest BCUT2D eigenvalue weighted by atomic mass is 9.84. The van der Waals surface area contributed by atoms with Crippen LogP contribution in [-0.4, -0.2) is 38.8 Å². The van der Waals surface area contributed by atoms with Gasteiger partial charge in [0.15, 0.2) is 17.5 Å². The summed E-state index contributed by atoms with van der Waals surface area (Å²) in [7, 11) is 5.02. The van der Waals surface area contributed by atoms with Crippen molar-refractivity contribution in [3.05, 3.63) is 41.1 Å². The van der Waals surface area contributed by atoms with Crippen molar-refractivity contribution in [2.45, 2.75) is 39.7 Å². The van der Waals surface area contributed by atoms with E-state index >= 15 is 0 Å². The molecule has 0 aliphatic carbocycles. The molecule has 0 aliphatic heterocycles. The summed E-state index contributed by atoms with van der Waals surface area (Å²) in [5.41, 5.74) is 1.90. The Bertz CT molecular complexity index is 783. The van der Waals surface area contributed by atoms with Crippen LogP contribution in [0.1, 0.15) is 36.8 Å². The average Bonchev–Trinajstić information content (AvgIpc) is 2.98. The summed E-state index contributed by atoms with van der Waals surface area (Å²) in [5, 5.41) is 6.59. The zero-order chi connectivity index (χ0) is 20.0. The molecular weight excluding hydrogens is 471 g/mol. The largest absolute Gasteiger partial charge is 0.493 e. The summed E-state index contributed by atoms with van der Waals surface area (Å²) in [6.45, 7) is 9.33. The standard InChI is InChI=1S/C20H30N4O3.HI/c1-13-14(2)27-18(24-13)11-22-19(21-5)23-12-20(3,4)15-8-9-16(25-6)17(10-15)26-7;/h8-10H,11-12H2,1-7H3,(H2,21,22,23);1H. The number of nitrogens with one attached hydrogen (secondary N) is 2. The van der Waals surface area contributed by atoms with Crippen LogP contribution in [-0.2, 0) is 12.0 Å². The van der Waals surface area contributed by atoms with Gasteiger partial charge < -0.3 is 24.5 Å². The van der Waals surface area contributed by atoms with E-state index in [9.17, 15) is 0 Å². The second-order valence-corrected chi connectivity index (χ2v) is 6.98. The molecule has 0 amide bonds. The Morgan fingerprint density at radius 2 is 1.82 bits per heavy atom. The minimum Gasteiger partial charge on any atom is -0.493 e. The van der Waals surface area contributed by atoms with E-state index in [0.717, 1.165) is 28.5 Å². The molecule has 28 heavy (non-hydrogen) atoms. The summed E-state index contributed by atoms with van der Waals surface area (Å²) in [4.78, 5) is 8.64. The zero-order valence-corrected chi connectivity index (χ0v) is 20.0. The van der Waals surface area contributed by atoms with Crippen molar-refractivity contribution < 1.29 is 13.9 Å². The van der Waals surface area contributed by atoms with Crippen LogP contribution in [0.15, 0.2) is 27.6 Å². The van der Waals surface area contributed by atoms with Gasteiger partial charge in [0.05, 0.1) is 26.5 Å². The third-order valence-electron chi connectivity index (χ3n) is 4.57. The minimum atomic E-state index is -0.146. The molecule has 1 heterocycles. The highest BCUT2D eigenvalue weighted by Gasteiger charge is 2.23. The predicted octanol–water partition coefficient (Wildman–Crippen LogP) is 3.57. The normalized spacial score (nSPS) is 11.6. The molecule has 1 aromatic carbocycles. The van der Waals surface area contributed by atoms with Crippen LogP contribution in [0.4, 0.5) is 0 Å². The molecule has 0 saturated heterocycles. The number of aromatic nitrogens is 1. The molecule has 2 N–H and O–H groups in total. The number of methoxy groups -OCH3 is 2. The molecule has 7 nitrogen and oxygen atoms in total. The van der Waals surface area contributed by atoms with Gasteiger partial charge in [0.25, 0.3) is 0 Å². The number of rotatable bonds is 7. The van der Waals surface area contributed by atoms with Crippen LogP contribution in [0, 0.1) is 13.8 Å². The van der Waals surface area contributed by atoms with Crippen LogP contribution < -0.4 is 20.1 Å². The van der Waals surface area contributed by atoms with Gasteiger partial charge in [0.1, 0.15) is 5.76 Å². The molecule has 0 fully saturated rings. The molecule has 0 unspecified atom stereocenters. The second-order valence-electron chi connectivity index (χ2n) is 6.98. The van der Waals surface area contributed by atoms with Gasteiger partial charge >= 0.3 is 0 Å². The maximum Gasteiger partial charge on any atom is 0.214 e. The van der Waals surface area contributed by atoms with E-state index in [0.29, 0.717) is 24.9 Å². The van der Waals surface area contributed by atoms with E-state index in [1.54, 1.807) is 21.3 Å². The molecule has 0 atom stereocenters. The van der Waals surface area contributed by atoms with Gasteiger partial charge in [-0.2, -0.15) is 0 Å². The van der Waals surface area contributed by atoms with E-state index in [2.05, 4.69) is 40.5 Å². The number of hydrogen-bond donors (Lipinski definition) is 2. The Kier molecular flexibility index (Phi) is 9.06. The van der Waals surface area contributed by atoms with Gasteiger partial charge in [-0.05, 0) is 31.5 Å². The number of benzene rings is 1. The molecule has 0 saturated carbocycles. The van der Waals surface area contributed by atoms with E-state index < -0.39 is 0 Å². The van der Waals surface area contributed by atoms with Gasteiger partial charge in [0.2, 0.25) is 5.89 Å². The maximum atomic E-state index is 5.59. The topological polar surface area (TPSA) is 80.9 Å². The van der Waals surface area contributed by atoms with Gasteiger partial charge in [-0.25, -0.2) is 4.98 Å². The number of halogens is 1. The van der Waals surface area contributed by atoms with Crippen molar-refractivity contribution in [3.8, 4) is 11.5 Å². The SMILES string of the molecule is CN=C(NCc1nc(C)c(C)o1)NCC(C)(C)c1ccc(OC)c(OC)c1.I. The van der Waals surface area contributed by atoms with Gasteiger partial charge in [-0.15, -0.1) is 24.0 Å². The highest BCUT2D eigenvalue weighted by Crippen LogP contribution is 2.32. The molecule has 8 heteroatoms. The Hall–Kier alpha value is -1.97. The van der Waals surface area contributed by atoms with E-state index in [1.807, 2.05) is 26.0 Å². The van der Waals surface area contributed by atoms with Crippen LogP contribution in [0.2, 0.25) is 0 Å². The molecule has 2 rings (SSSR count). The Morgan fingerprint density at radius 3 is 2.36 bits per heavy atom. The van der Waals surface area contributed by atoms with Crippen molar-refractivity contribution in [1.29, 1.82) is 0 Å². The summed E-state index contributed by atoms with van der Waals surface area (Å²) in [5.74, 6) is 3.62. The van der Waals surface area contributed by atoms with Crippen molar-refractivity contribution >= 4 is 29.9 Å². The summed E-state index contributed by atoms with van der Waals surface area (Å²) >= 11 is 0. The number of oxazole rings is 1. The van der Waals surface area contributed by atoms with Crippen LogP contribution >= 0.6 is 24.0 Å². The fourth-order valence-electron chi connectivity index (χ4n) is 2.66. The maximum absolute atomic E-state index is 5.59. The molecule has 2 aromatic rings. The number of guanidine groups is 1. The predicted molar refractivity (Wildman–Crippen MR) is 122 cm³/mol.